The number of guanidine groups is 1. The van der Waals surface area contributed by atoms with Gasteiger partial charge in [-0.1, -0.05) is 43.5 Å². The van der Waals surface area contributed by atoms with Crippen molar-refractivity contribution in [3.05, 3.63) is 35.4 Å². The second kappa shape index (κ2) is 15.2. The molecule has 1 aromatic rings. The summed E-state index contributed by atoms with van der Waals surface area (Å²) in [6.07, 6.45) is 7.75. The van der Waals surface area contributed by atoms with Gasteiger partial charge < -0.3 is 20.1 Å². The Kier molecular flexibility index (Phi) is 12.5. The molecule has 0 aliphatic heterocycles. The molecule has 6 heteroatoms. The third-order valence-corrected chi connectivity index (χ3v) is 5.68. The van der Waals surface area contributed by atoms with E-state index in [1.165, 1.54) is 43.2 Å². The van der Waals surface area contributed by atoms with Crippen molar-refractivity contribution >= 4 is 5.96 Å². The monoisotopic (exact) mass is 418 g/mol. The number of nitrogens with one attached hydrogen (secondary N) is 2. The van der Waals surface area contributed by atoms with Crippen molar-refractivity contribution in [2.75, 3.05) is 47.1 Å². The molecule has 0 atom stereocenters. The molecule has 2 rings (SSSR count). The normalized spacial score (nSPS) is 15.5. The van der Waals surface area contributed by atoms with Crippen molar-refractivity contribution in [3.8, 4) is 0 Å². The van der Waals surface area contributed by atoms with Gasteiger partial charge in [-0.05, 0) is 44.4 Å². The van der Waals surface area contributed by atoms with Crippen LogP contribution >= 0.6 is 0 Å². The number of hydrogen-bond acceptors (Lipinski definition) is 4. The van der Waals surface area contributed by atoms with Crippen LogP contribution in [0.25, 0.3) is 0 Å². The Balaban J connectivity index is 1.85. The summed E-state index contributed by atoms with van der Waals surface area (Å²) in [6.45, 7) is 7.49. The first-order chi connectivity index (χ1) is 14.7. The summed E-state index contributed by atoms with van der Waals surface area (Å²) in [5.74, 6) is 0.866. The van der Waals surface area contributed by atoms with Gasteiger partial charge >= 0.3 is 0 Å². The minimum atomic E-state index is 0.646. The van der Waals surface area contributed by atoms with Crippen molar-refractivity contribution in [2.24, 2.45) is 4.99 Å². The van der Waals surface area contributed by atoms with Gasteiger partial charge in [0, 0.05) is 39.4 Å². The van der Waals surface area contributed by atoms with Crippen LogP contribution in [0.4, 0.5) is 0 Å². The van der Waals surface area contributed by atoms with Crippen LogP contribution in [-0.4, -0.2) is 64.0 Å². The minimum absolute atomic E-state index is 0.646. The molecule has 0 radical (unpaired) electrons. The largest absolute Gasteiger partial charge is 0.382 e. The van der Waals surface area contributed by atoms with Gasteiger partial charge in [0.05, 0.1) is 19.8 Å². The summed E-state index contributed by atoms with van der Waals surface area (Å²) in [5, 5.41) is 6.75. The van der Waals surface area contributed by atoms with Gasteiger partial charge in [-0.2, -0.15) is 0 Å². The zero-order chi connectivity index (χ0) is 21.4. The molecular weight excluding hydrogens is 376 g/mol. The topological polar surface area (TPSA) is 58.1 Å². The molecule has 0 amide bonds. The van der Waals surface area contributed by atoms with E-state index in [0.717, 1.165) is 44.7 Å². The predicted octanol–water partition coefficient (Wildman–Crippen LogP) is 3.56. The highest BCUT2D eigenvalue weighted by Crippen LogP contribution is 2.23. The fraction of sp³-hybridized carbons (Fsp3) is 0.708. The van der Waals surface area contributed by atoms with Crippen LogP contribution in [0, 0.1) is 0 Å². The highest BCUT2D eigenvalue weighted by Gasteiger charge is 2.18. The Morgan fingerprint density at radius 1 is 1.07 bits per heavy atom. The quantitative estimate of drug-likeness (QED) is 0.291. The van der Waals surface area contributed by atoms with Crippen LogP contribution < -0.4 is 10.6 Å². The van der Waals surface area contributed by atoms with Gasteiger partial charge in [-0.15, -0.1) is 0 Å². The second-order valence-electron chi connectivity index (χ2n) is 8.06. The molecule has 0 heterocycles. The van der Waals surface area contributed by atoms with Gasteiger partial charge in [-0.3, -0.25) is 4.90 Å². The number of methoxy groups -OCH3 is 1. The van der Waals surface area contributed by atoms with E-state index in [0.29, 0.717) is 19.8 Å². The van der Waals surface area contributed by atoms with Gasteiger partial charge in [0.1, 0.15) is 0 Å². The van der Waals surface area contributed by atoms with Gasteiger partial charge in [0.25, 0.3) is 0 Å². The van der Waals surface area contributed by atoms with Crippen molar-refractivity contribution in [1.29, 1.82) is 0 Å². The summed E-state index contributed by atoms with van der Waals surface area (Å²) in [4.78, 5) is 7.36. The van der Waals surface area contributed by atoms with Crippen LogP contribution in [0.5, 0.6) is 0 Å². The van der Waals surface area contributed by atoms with E-state index in [4.69, 9.17) is 14.5 Å². The molecule has 1 aliphatic rings. The third-order valence-electron chi connectivity index (χ3n) is 5.68. The van der Waals surface area contributed by atoms with Crippen molar-refractivity contribution in [1.82, 2.24) is 15.5 Å². The molecule has 0 bridgehead atoms. The lowest BCUT2D eigenvalue weighted by atomic mass is 9.94. The summed E-state index contributed by atoms with van der Waals surface area (Å²) in [6, 6.07) is 9.44. The summed E-state index contributed by atoms with van der Waals surface area (Å²) in [7, 11) is 3.96. The van der Waals surface area contributed by atoms with Crippen LogP contribution in [0.2, 0.25) is 0 Å². The average Bonchev–Trinajstić information content (AvgIpc) is 2.78. The van der Waals surface area contributed by atoms with E-state index >= 15 is 0 Å². The van der Waals surface area contributed by atoms with E-state index in [1.807, 2.05) is 0 Å². The molecule has 0 unspecified atom stereocenters. The Hall–Kier alpha value is -1.63. The van der Waals surface area contributed by atoms with Crippen LogP contribution in [0.1, 0.15) is 56.6 Å². The zero-order valence-corrected chi connectivity index (χ0v) is 19.3. The Morgan fingerprint density at radius 2 is 1.83 bits per heavy atom. The molecule has 1 aromatic carbocycles. The predicted molar refractivity (Wildman–Crippen MR) is 125 cm³/mol. The Bertz CT molecular complexity index is 603. The minimum Gasteiger partial charge on any atom is -0.382 e. The van der Waals surface area contributed by atoms with Gasteiger partial charge in [0.2, 0.25) is 0 Å². The van der Waals surface area contributed by atoms with Crippen LogP contribution in [-0.2, 0) is 22.6 Å². The van der Waals surface area contributed by atoms with E-state index in [-0.39, 0.29) is 0 Å². The lowest BCUT2D eigenvalue weighted by Crippen LogP contribution is -2.38. The van der Waals surface area contributed by atoms with E-state index < -0.39 is 0 Å². The smallest absolute Gasteiger partial charge is 0.191 e. The van der Waals surface area contributed by atoms with Crippen molar-refractivity contribution in [2.45, 2.75) is 64.6 Å². The number of aliphatic imine (C=N–C) groups is 1. The van der Waals surface area contributed by atoms with Gasteiger partial charge in [-0.25, -0.2) is 4.99 Å². The van der Waals surface area contributed by atoms with Crippen molar-refractivity contribution in [3.63, 3.8) is 0 Å². The number of benzene rings is 1. The fourth-order valence-electron chi connectivity index (χ4n) is 3.92. The molecular formula is C24H42N4O2. The van der Waals surface area contributed by atoms with Gasteiger partial charge in [0.15, 0.2) is 5.96 Å². The van der Waals surface area contributed by atoms with Crippen molar-refractivity contribution < 1.29 is 9.47 Å². The Labute approximate surface area is 183 Å². The molecule has 1 fully saturated rings. The SMILES string of the molecule is CCNC(=NCc1ccccc1CN(C)C1CCCCC1)NCCCOCCOC. The molecule has 1 aliphatic carbocycles. The molecule has 0 aromatic heterocycles. The maximum Gasteiger partial charge on any atom is 0.191 e. The highest BCUT2D eigenvalue weighted by atomic mass is 16.5. The lowest BCUT2D eigenvalue weighted by Gasteiger charge is -2.31. The molecule has 30 heavy (non-hydrogen) atoms. The molecule has 0 saturated heterocycles. The molecule has 6 nitrogen and oxygen atoms in total. The van der Waals surface area contributed by atoms with E-state index in [2.05, 4.69) is 53.8 Å². The number of rotatable bonds is 13. The molecule has 2 N–H and O–H groups in total. The first-order valence-electron chi connectivity index (χ1n) is 11.6. The first-order valence-corrected chi connectivity index (χ1v) is 11.6. The molecule has 170 valence electrons. The van der Waals surface area contributed by atoms with Crippen LogP contribution in [0.15, 0.2) is 29.3 Å². The average molecular weight is 419 g/mol. The fourth-order valence-corrected chi connectivity index (χ4v) is 3.92. The summed E-state index contributed by atoms with van der Waals surface area (Å²) in [5.41, 5.74) is 2.69. The lowest BCUT2D eigenvalue weighted by molar-refractivity contribution is 0.0698. The summed E-state index contributed by atoms with van der Waals surface area (Å²) >= 11 is 0. The van der Waals surface area contributed by atoms with Crippen LogP contribution in [0.3, 0.4) is 0 Å². The third kappa shape index (κ3) is 9.45. The standard InChI is InChI=1S/C24H42N4O2/c1-4-25-24(26-15-10-16-30-18-17-29-3)27-19-21-11-8-9-12-22(21)20-28(2)23-13-6-5-7-14-23/h8-9,11-12,23H,4-7,10,13-20H2,1-3H3,(H2,25,26,27). The second-order valence-corrected chi connectivity index (χ2v) is 8.06. The molecule has 0 spiro atoms. The zero-order valence-electron chi connectivity index (χ0n) is 19.3. The number of ether oxygens (including phenoxy) is 2. The van der Waals surface area contributed by atoms with E-state index in [9.17, 15) is 0 Å². The molecule has 1 saturated carbocycles. The van der Waals surface area contributed by atoms with E-state index in [1.54, 1.807) is 7.11 Å². The Morgan fingerprint density at radius 3 is 2.57 bits per heavy atom. The first kappa shape index (κ1) is 24.6. The maximum atomic E-state index is 5.52. The number of nitrogens with zero attached hydrogens (tertiary/aromatic N) is 2. The highest BCUT2D eigenvalue weighted by molar-refractivity contribution is 5.79. The summed E-state index contributed by atoms with van der Waals surface area (Å²) < 4.78 is 10.5. The number of hydrogen-bond donors (Lipinski definition) is 2. The maximum absolute atomic E-state index is 5.52.